The Bertz CT molecular complexity index is 341. The molecule has 1 aromatic rings. The van der Waals surface area contributed by atoms with Gasteiger partial charge in [0.15, 0.2) is 0 Å². The Kier molecular flexibility index (Phi) is 5.79. The highest BCUT2D eigenvalue weighted by Gasteiger charge is 2.05. The van der Waals surface area contributed by atoms with Crippen molar-refractivity contribution in [3.63, 3.8) is 0 Å². The van der Waals surface area contributed by atoms with E-state index in [9.17, 15) is 9.59 Å². The minimum absolute atomic E-state index is 0.560. The van der Waals surface area contributed by atoms with Crippen LogP contribution in [0.4, 0.5) is 0 Å². The van der Waals surface area contributed by atoms with Crippen LogP contribution in [0.1, 0.15) is 12.5 Å². The van der Waals surface area contributed by atoms with Gasteiger partial charge < -0.3 is 9.80 Å². The third-order valence-corrected chi connectivity index (χ3v) is 2.61. The van der Waals surface area contributed by atoms with Crippen molar-refractivity contribution in [1.82, 2.24) is 9.80 Å². The quantitative estimate of drug-likeness (QED) is 0.632. The van der Waals surface area contributed by atoms with Gasteiger partial charge in [0, 0.05) is 26.2 Å². The van der Waals surface area contributed by atoms with Gasteiger partial charge in [-0.15, -0.1) is 0 Å². The van der Waals surface area contributed by atoms with Gasteiger partial charge in [-0.05, 0) is 12.5 Å². The maximum Gasteiger partial charge on any atom is 0.210 e. The van der Waals surface area contributed by atoms with Crippen molar-refractivity contribution < 1.29 is 9.59 Å². The first-order chi connectivity index (χ1) is 8.30. The molecule has 4 heteroatoms. The second kappa shape index (κ2) is 7.44. The predicted molar refractivity (Wildman–Crippen MR) is 66.2 cm³/mol. The molecule has 1 aromatic carbocycles. The lowest BCUT2D eigenvalue weighted by Gasteiger charge is -2.21. The minimum Gasteiger partial charge on any atom is -0.344 e. The predicted octanol–water partition coefficient (Wildman–Crippen LogP) is 1.12. The van der Waals surface area contributed by atoms with E-state index in [2.05, 4.69) is 0 Å². The molecule has 0 saturated carbocycles. The number of carbonyl (C=O) groups is 2. The molecule has 0 fully saturated rings. The van der Waals surface area contributed by atoms with E-state index in [0.717, 1.165) is 18.4 Å². The number of likely N-dealkylation sites (N-methyl/N-ethyl adjacent to an activating group) is 1. The summed E-state index contributed by atoms with van der Waals surface area (Å²) < 4.78 is 0. The van der Waals surface area contributed by atoms with Gasteiger partial charge in [0.05, 0.1) is 0 Å². The highest BCUT2D eigenvalue weighted by Crippen LogP contribution is 2.02. The maximum absolute atomic E-state index is 10.9. The number of benzene rings is 1. The monoisotopic (exact) mass is 234 g/mol. The Hall–Kier alpha value is -1.84. The SMILES string of the molecule is CCN(C=O)CCN(C=O)Cc1ccccc1. The molecule has 0 saturated heterocycles. The second-order valence-corrected chi connectivity index (χ2v) is 3.80. The summed E-state index contributed by atoms with van der Waals surface area (Å²) in [6.45, 7) is 4.30. The molecule has 0 radical (unpaired) electrons. The summed E-state index contributed by atoms with van der Waals surface area (Å²) in [5, 5.41) is 0. The Morgan fingerprint density at radius 3 is 2.12 bits per heavy atom. The maximum atomic E-state index is 10.9. The van der Waals surface area contributed by atoms with Gasteiger partial charge in [-0.2, -0.15) is 0 Å². The molecule has 0 atom stereocenters. The number of rotatable bonds is 8. The molecule has 0 spiro atoms. The lowest BCUT2D eigenvalue weighted by molar-refractivity contribution is -0.121. The molecule has 0 unspecified atom stereocenters. The van der Waals surface area contributed by atoms with Gasteiger partial charge in [-0.25, -0.2) is 0 Å². The van der Waals surface area contributed by atoms with E-state index in [0.29, 0.717) is 26.2 Å². The number of amides is 2. The van der Waals surface area contributed by atoms with Crippen LogP contribution < -0.4 is 0 Å². The van der Waals surface area contributed by atoms with Crippen molar-refractivity contribution in [2.45, 2.75) is 13.5 Å². The van der Waals surface area contributed by atoms with Crippen LogP contribution in [0.15, 0.2) is 30.3 Å². The number of nitrogens with zero attached hydrogens (tertiary/aromatic N) is 2. The van der Waals surface area contributed by atoms with Crippen molar-refractivity contribution in [3.8, 4) is 0 Å². The van der Waals surface area contributed by atoms with Gasteiger partial charge in [0.1, 0.15) is 0 Å². The van der Waals surface area contributed by atoms with Crippen LogP contribution in [0.2, 0.25) is 0 Å². The lowest BCUT2D eigenvalue weighted by atomic mass is 10.2. The van der Waals surface area contributed by atoms with Gasteiger partial charge >= 0.3 is 0 Å². The van der Waals surface area contributed by atoms with Crippen LogP contribution >= 0.6 is 0 Å². The van der Waals surface area contributed by atoms with E-state index in [1.54, 1.807) is 9.80 Å². The first-order valence-electron chi connectivity index (χ1n) is 5.72. The smallest absolute Gasteiger partial charge is 0.210 e. The molecule has 0 aliphatic heterocycles. The number of hydrogen-bond acceptors (Lipinski definition) is 2. The van der Waals surface area contributed by atoms with E-state index in [1.807, 2.05) is 37.3 Å². The summed E-state index contributed by atoms with van der Waals surface area (Å²) in [7, 11) is 0. The molecule has 2 amide bonds. The zero-order chi connectivity index (χ0) is 12.5. The summed E-state index contributed by atoms with van der Waals surface area (Å²) >= 11 is 0. The Morgan fingerprint density at radius 2 is 1.59 bits per heavy atom. The minimum atomic E-state index is 0.560. The molecule has 92 valence electrons. The molecule has 0 aliphatic carbocycles. The third-order valence-electron chi connectivity index (χ3n) is 2.61. The van der Waals surface area contributed by atoms with Crippen LogP contribution in [0.25, 0.3) is 0 Å². The summed E-state index contributed by atoms with van der Waals surface area (Å²) in [6.07, 6.45) is 1.64. The topological polar surface area (TPSA) is 40.6 Å². The van der Waals surface area contributed by atoms with Gasteiger partial charge in [-0.1, -0.05) is 30.3 Å². The van der Waals surface area contributed by atoms with E-state index >= 15 is 0 Å². The average molecular weight is 234 g/mol. The second-order valence-electron chi connectivity index (χ2n) is 3.80. The zero-order valence-corrected chi connectivity index (χ0v) is 10.1. The Morgan fingerprint density at radius 1 is 1.00 bits per heavy atom. The van der Waals surface area contributed by atoms with Crippen LogP contribution in [-0.2, 0) is 16.1 Å². The van der Waals surface area contributed by atoms with Crippen LogP contribution in [0, 0.1) is 0 Å². The Labute approximate surface area is 102 Å². The van der Waals surface area contributed by atoms with Gasteiger partial charge in [0.25, 0.3) is 0 Å². The molecule has 0 aromatic heterocycles. The fourth-order valence-electron chi connectivity index (χ4n) is 1.53. The van der Waals surface area contributed by atoms with Crippen molar-refractivity contribution in [2.24, 2.45) is 0 Å². The van der Waals surface area contributed by atoms with Crippen molar-refractivity contribution >= 4 is 12.8 Å². The van der Waals surface area contributed by atoms with Crippen molar-refractivity contribution in [1.29, 1.82) is 0 Å². The summed E-state index contributed by atoms with van der Waals surface area (Å²) in [6, 6.07) is 9.80. The molecule has 1 rings (SSSR count). The molecular weight excluding hydrogens is 216 g/mol. The third kappa shape index (κ3) is 4.68. The number of carbonyl (C=O) groups excluding carboxylic acids is 2. The molecule has 17 heavy (non-hydrogen) atoms. The first kappa shape index (κ1) is 13.2. The first-order valence-corrected chi connectivity index (χ1v) is 5.72. The fraction of sp³-hybridized carbons (Fsp3) is 0.385. The van der Waals surface area contributed by atoms with Gasteiger partial charge in [-0.3, -0.25) is 9.59 Å². The van der Waals surface area contributed by atoms with E-state index < -0.39 is 0 Å². The lowest BCUT2D eigenvalue weighted by Crippen LogP contribution is -2.33. The highest BCUT2D eigenvalue weighted by atomic mass is 16.1. The molecule has 0 bridgehead atoms. The van der Waals surface area contributed by atoms with Crippen LogP contribution in [0.3, 0.4) is 0 Å². The van der Waals surface area contributed by atoms with E-state index in [1.165, 1.54) is 0 Å². The highest BCUT2D eigenvalue weighted by molar-refractivity contribution is 5.49. The summed E-state index contributed by atoms with van der Waals surface area (Å²) in [4.78, 5) is 24.8. The van der Waals surface area contributed by atoms with Crippen LogP contribution in [0.5, 0.6) is 0 Å². The molecule has 0 heterocycles. The van der Waals surface area contributed by atoms with E-state index in [4.69, 9.17) is 0 Å². The molecule has 0 N–H and O–H groups in total. The molecular formula is C13H18N2O2. The fourth-order valence-corrected chi connectivity index (χ4v) is 1.53. The average Bonchev–Trinajstić information content (AvgIpc) is 2.39. The molecule has 4 nitrogen and oxygen atoms in total. The number of hydrogen-bond donors (Lipinski definition) is 0. The summed E-state index contributed by atoms with van der Waals surface area (Å²) in [5.41, 5.74) is 1.09. The molecule has 0 aliphatic rings. The van der Waals surface area contributed by atoms with Crippen molar-refractivity contribution in [3.05, 3.63) is 35.9 Å². The van der Waals surface area contributed by atoms with Crippen molar-refractivity contribution in [2.75, 3.05) is 19.6 Å². The zero-order valence-electron chi connectivity index (χ0n) is 10.1. The van der Waals surface area contributed by atoms with Gasteiger partial charge in [0.2, 0.25) is 12.8 Å². The van der Waals surface area contributed by atoms with E-state index in [-0.39, 0.29) is 0 Å². The Balaban J connectivity index is 2.44. The normalized spacial score (nSPS) is 9.71. The standard InChI is InChI=1S/C13H18N2O2/c1-2-14(11-16)8-9-15(12-17)10-13-6-4-3-5-7-13/h3-7,11-12H,2,8-10H2,1H3. The largest absolute Gasteiger partial charge is 0.344 e. The summed E-state index contributed by atoms with van der Waals surface area (Å²) in [5.74, 6) is 0. The van der Waals surface area contributed by atoms with Crippen LogP contribution in [-0.4, -0.2) is 42.3 Å².